The largest absolute Gasteiger partial charge is 0.496 e. The molecular weight excluding hydrogens is 408 g/mol. The Labute approximate surface area is 155 Å². The van der Waals surface area contributed by atoms with Gasteiger partial charge in [-0.05, 0) is 56.3 Å². The van der Waals surface area contributed by atoms with Crippen LogP contribution in [0.25, 0.3) is 0 Å². The highest BCUT2D eigenvalue weighted by atomic mass is 79.9. The van der Waals surface area contributed by atoms with E-state index in [1.807, 2.05) is 0 Å². The summed E-state index contributed by atoms with van der Waals surface area (Å²) in [4.78, 5) is 12.6. The van der Waals surface area contributed by atoms with Crippen LogP contribution in [0, 0.1) is 0 Å². The third-order valence-electron chi connectivity index (χ3n) is 3.22. The molecule has 0 spiro atoms. The Morgan fingerprint density at radius 2 is 1.76 bits per heavy atom. The highest BCUT2D eigenvalue weighted by Crippen LogP contribution is 2.24. The molecule has 25 heavy (non-hydrogen) atoms. The Hall–Kier alpha value is -1.90. The van der Waals surface area contributed by atoms with Crippen molar-refractivity contribution in [2.75, 3.05) is 12.4 Å². The summed E-state index contributed by atoms with van der Waals surface area (Å²) in [5.74, 6) is 0.0927. The fourth-order valence-electron chi connectivity index (χ4n) is 2.15. The number of nitrogens with one attached hydrogen (secondary N) is 2. The first kappa shape index (κ1) is 19.4. The molecule has 2 rings (SSSR count). The van der Waals surface area contributed by atoms with Gasteiger partial charge in [0.25, 0.3) is 5.91 Å². The van der Waals surface area contributed by atoms with Crippen LogP contribution >= 0.6 is 15.9 Å². The van der Waals surface area contributed by atoms with Gasteiger partial charge in [0.15, 0.2) is 0 Å². The van der Waals surface area contributed by atoms with Crippen LogP contribution in [0.5, 0.6) is 5.75 Å². The van der Waals surface area contributed by atoms with Gasteiger partial charge in [-0.15, -0.1) is 0 Å². The predicted molar refractivity (Wildman–Crippen MR) is 101 cm³/mol. The van der Waals surface area contributed by atoms with Gasteiger partial charge in [0.1, 0.15) is 5.75 Å². The fraction of sp³-hybridized carbons (Fsp3) is 0.235. The van der Waals surface area contributed by atoms with E-state index in [0.717, 1.165) is 4.47 Å². The number of benzene rings is 2. The predicted octanol–water partition coefficient (Wildman–Crippen LogP) is 3.40. The second kappa shape index (κ2) is 7.99. The zero-order valence-electron chi connectivity index (χ0n) is 14.0. The lowest BCUT2D eigenvalue weighted by atomic mass is 10.2. The van der Waals surface area contributed by atoms with E-state index in [9.17, 15) is 13.2 Å². The van der Waals surface area contributed by atoms with E-state index in [0.29, 0.717) is 17.0 Å². The van der Waals surface area contributed by atoms with Gasteiger partial charge in [-0.1, -0.05) is 15.9 Å². The third-order valence-corrected chi connectivity index (χ3v) is 5.39. The molecule has 0 aliphatic heterocycles. The summed E-state index contributed by atoms with van der Waals surface area (Å²) < 4.78 is 32.6. The van der Waals surface area contributed by atoms with Crippen LogP contribution in [0.15, 0.2) is 51.8 Å². The molecule has 2 aromatic rings. The van der Waals surface area contributed by atoms with Gasteiger partial charge >= 0.3 is 0 Å². The summed E-state index contributed by atoms with van der Waals surface area (Å²) in [6.45, 7) is 3.50. The topological polar surface area (TPSA) is 84.5 Å². The molecule has 2 N–H and O–H groups in total. The van der Waals surface area contributed by atoms with Crippen molar-refractivity contribution >= 4 is 37.5 Å². The van der Waals surface area contributed by atoms with Crippen molar-refractivity contribution in [1.82, 2.24) is 4.72 Å². The number of carbonyl (C=O) groups excluding carboxylic acids is 1. The van der Waals surface area contributed by atoms with E-state index in [-0.39, 0.29) is 16.8 Å². The maximum Gasteiger partial charge on any atom is 0.259 e. The SMILES string of the molecule is COc1ccc(Br)cc1C(=O)Nc1ccc(S(=O)(=O)NC(C)C)cc1. The monoisotopic (exact) mass is 426 g/mol. The average molecular weight is 427 g/mol. The van der Waals surface area contributed by atoms with E-state index < -0.39 is 10.0 Å². The van der Waals surface area contributed by atoms with Gasteiger partial charge in [0, 0.05) is 16.2 Å². The maximum atomic E-state index is 12.4. The minimum Gasteiger partial charge on any atom is -0.496 e. The molecule has 0 radical (unpaired) electrons. The van der Waals surface area contributed by atoms with Crippen molar-refractivity contribution in [2.24, 2.45) is 0 Å². The van der Waals surface area contributed by atoms with Crippen molar-refractivity contribution in [3.05, 3.63) is 52.5 Å². The molecule has 1 amide bonds. The van der Waals surface area contributed by atoms with Crippen molar-refractivity contribution in [3.63, 3.8) is 0 Å². The Bertz CT molecular complexity index is 865. The summed E-state index contributed by atoms with van der Waals surface area (Å²) in [6.07, 6.45) is 0. The second-order valence-corrected chi connectivity index (χ2v) is 8.23. The Balaban J connectivity index is 2.19. The third kappa shape index (κ3) is 5.04. The molecule has 0 fully saturated rings. The lowest BCUT2D eigenvalue weighted by Gasteiger charge is -2.12. The van der Waals surface area contributed by atoms with Gasteiger partial charge in [-0.2, -0.15) is 0 Å². The van der Waals surface area contributed by atoms with Crippen LogP contribution in [-0.2, 0) is 10.0 Å². The van der Waals surface area contributed by atoms with E-state index in [4.69, 9.17) is 4.74 Å². The van der Waals surface area contributed by atoms with Gasteiger partial charge in [-0.3, -0.25) is 4.79 Å². The van der Waals surface area contributed by atoms with E-state index in [2.05, 4.69) is 26.0 Å². The van der Waals surface area contributed by atoms with Crippen molar-refractivity contribution in [1.29, 1.82) is 0 Å². The molecule has 0 bridgehead atoms. The molecule has 0 saturated carbocycles. The fourth-order valence-corrected chi connectivity index (χ4v) is 3.76. The summed E-state index contributed by atoms with van der Waals surface area (Å²) in [6, 6.07) is 10.9. The summed E-state index contributed by atoms with van der Waals surface area (Å²) >= 11 is 3.32. The molecule has 0 aliphatic carbocycles. The first-order valence-corrected chi connectivity index (χ1v) is 9.78. The number of anilines is 1. The molecule has 134 valence electrons. The van der Waals surface area contributed by atoms with Gasteiger partial charge in [0.2, 0.25) is 10.0 Å². The van der Waals surface area contributed by atoms with Gasteiger partial charge in [-0.25, -0.2) is 13.1 Å². The number of sulfonamides is 1. The first-order valence-electron chi connectivity index (χ1n) is 7.50. The minimum atomic E-state index is -3.56. The quantitative estimate of drug-likeness (QED) is 0.740. The summed E-state index contributed by atoms with van der Waals surface area (Å²) in [5, 5.41) is 2.72. The number of halogens is 1. The van der Waals surface area contributed by atoms with E-state index in [1.165, 1.54) is 31.4 Å². The lowest BCUT2D eigenvalue weighted by Crippen LogP contribution is -2.30. The molecule has 0 heterocycles. The zero-order chi connectivity index (χ0) is 18.6. The smallest absolute Gasteiger partial charge is 0.259 e. The Morgan fingerprint density at radius 1 is 1.12 bits per heavy atom. The summed E-state index contributed by atoms with van der Waals surface area (Å²) in [5.41, 5.74) is 0.852. The number of methoxy groups -OCH3 is 1. The molecule has 8 heteroatoms. The molecule has 0 unspecified atom stereocenters. The average Bonchev–Trinajstić information content (AvgIpc) is 2.54. The zero-order valence-corrected chi connectivity index (χ0v) is 16.4. The molecule has 0 aliphatic rings. The van der Waals surface area contributed by atoms with Crippen molar-refractivity contribution in [3.8, 4) is 5.75 Å². The molecule has 0 saturated heterocycles. The van der Waals surface area contributed by atoms with Crippen LogP contribution in [0.3, 0.4) is 0 Å². The molecule has 0 atom stereocenters. The number of amides is 1. The standard InChI is InChI=1S/C17H19BrN2O4S/c1-11(2)20-25(22,23)14-7-5-13(6-8-14)19-17(21)15-10-12(18)4-9-16(15)24-3/h4-11,20H,1-3H3,(H,19,21). The van der Waals surface area contributed by atoms with Crippen LogP contribution in [0.2, 0.25) is 0 Å². The minimum absolute atomic E-state index is 0.138. The Kier molecular flexibility index (Phi) is 6.21. The van der Waals surface area contributed by atoms with Crippen LogP contribution in [0.1, 0.15) is 24.2 Å². The number of ether oxygens (including phenoxy) is 1. The molecule has 2 aromatic carbocycles. The molecule has 0 aromatic heterocycles. The van der Waals surface area contributed by atoms with Crippen LogP contribution in [-0.4, -0.2) is 27.5 Å². The highest BCUT2D eigenvalue weighted by molar-refractivity contribution is 9.10. The van der Waals surface area contributed by atoms with Gasteiger partial charge in [0.05, 0.1) is 17.6 Å². The molecule has 6 nitrogen and oxygen atoms in total. The number of hydrogen-bond donors (Lipinski definition) is 2. The molecular formula is C17H19BrN2O4S. The van der Waals surface area contributed by atoms with Crippen molar-refractivity contribution in [2.45, 2.75) is 24.8 Å². The van der Waals surface area contributed by atoms with Gasteiger partial charge < -0.3 is 10.1 Å². The van der Waals surface area contributed by atoms with Crippen LogP contribution < -0.4 is 14.8 Å². The summed E-state index contributed by atoms with van der Waals surface area (Å²) in [7, 11) is -2.07. The van der Waals surface area contributed by atoms with E-state index in [1.54, 1.807) is 32.0 Å². The number of hydrogen-bond acceptors (Lipinski definition) is 4. The van der Waals surface area contributed by atoms with Crippen molar-refractivity contribution < 1.29 is 17.9 Å². The number of carbonyl (C=O) groups is 1. The number of rotatable bonds is 6. The van der Waals surface area contributed by atoms with Crippen LogP contribution in [0.4, 0.5) is 5.69 Å². The normalized spacial score (nSPS) is 11.4. The first-order chi connectivity index (χ1) is 11.7. The van der Waals surface area contributed by atoms with E-state index >= 15 is 0 Å². The lowest BCUT2D eigenvalue weighted by molar-refractivity contribution is 0.102. The maximum absolute atomic E-state index is 12.4. The highest BCUT2D eigenvalue weighted by Gasteiger charge is 2.16. The Morgan fingerprint density at radius 3 is 2.32 bits per heavy atom. The second-order valence-electron chi connectivity index (χ2n) is 5.60.